The maximum absolute atomic E-state index is 13.6. The van der Waals surface area contributed by atoms with E-state index >= 15 is 0 Å². The van der Waals surface area contributed by atoms with Gasteiger partial charge in [-0.2, -0.15) is 10.4 Å². The number of rotatable bonds is 8. The number of nitriles is 1. The SMILES string of the molecule is COc1ccc(CN2C3CC2CN(c2ccc(-c4cc(N(CCF)C(=O)OC(C)(C)C)cn5ncc(C#N)c45)cn2)C3)cn1. The number of piperidine rings is 1. The highest BCUT2D eigenvalue weighted by molar-refractivity contribution is 5.92. The number of anilines is 2. The van der Waals surface area contributed by atoms with Gasteiger partial charge in [-0.1, -0.05) is 6.07 Å². The molecule has 7 rings (SSSR count). The molecule has 0 aromatic carbocycles. The van der Waals surface area contributed by atoms with Gasteiger partial charge in [-0.25, -0.2) is 23.7 Å². The number of fused-ring (bicyclic) bond motifs is 3. The van der Waals surface area contributed by atoms with Crippen molar-refractivity contribution in [1.29, 1.82) is 5.26 Å². The average Bonchev–Trinajstić information content (AvgIpc) is 3.44. The zero-order valence-electron chi connectivity index (χ0n) is 25.3. The summed E-state index contributed by atoms with van der Waals surface area (Å²) in [6.07, 6.45) is 7.23. The lowest BCUT2D eigenvalue weighted by Crippen LogP contribution is -2.68. The summed E-state index contributed by atoms with van der Waals surface area (Å²) in [4.78, 5) is 28.2. The molecule has 4 aromatic rings. The van der Waals surface area contributed by atoms with Gasteiger partial charge in [0.1, 0.15) is 24.2 Å². The lowest BCUT2D eigenvalue weighted by atomic mass is 9.87. The van der Waals surface area contributed by atoms with Crippen molar-refractivity contribution < 1.29 is 18.7 Å². The quantitative estimate of drug-likeness (QED) is 0.281. The summed E-state index contributed by atoms with van der Waals surface area (Å²) in [6.45, 7) is 6.94. The molecule has 12 heteroatoms. The third-order valence-electron chi connectivity index (χ3n) is 8.05. The Labute approximate surface area is 255 Å². The van der Waals surface area contributed by atoms with Crippen LogP contribution in [0.4, 0.5) is 20.7 Å². The van der Waals surface area contributed by atoms with Crippen molar-refractivity contribution >= 4 is 23.1 Å². The summed E-state index contributed by atoms with van der Waals surface area (Å²) >= 11 is 0. The van der Waals surface area contributed by atoms with Crippen LogP contribution in [0.3, 0.4) is 0 Å². The number of pyridine rings is 3. The number of carbonyl (C=O) groups is 1. The highest BCUT2D eigenvalue weighted by Gasteiger charge is 2.44. The summed E-state index contributed by atoms with van der Waals surface area (Å²) in [6, 6.07) is 12.7. The normalized spacial score (nSPS) is 18.0. The monoisotopic (exact) mass is 598 g/mol. The minimum absolute atomic E-state index is 0.188. The number of ether oxygens (including phenoxy) is 2. The van der Waals surface area contributed by atoms with Crippen LogP contribution in [0.2, 0.25) is 0 Å². The third kappa shape index (κ3) is 5.75. The van der Waals surface area contributed by atoms with Crippen LogP contribution >= 0.6 is 0 Å². The summed E-state index contributed by atoms with van der Waals surface area (Å²) in [5.74, 6) is 1.49. The molecule has 3 fully saturated rings. The molecule has 4 aromatic heterocycles. The summed E-state index contributed by atoms with van der Waals surface area (Å²) in [7, 11) is 1.62. The number of methoxy groups -OCH3 is 1. The number of amides is 1. The number of halogens is 1. The van der Waals surface area contributed by atoms with Gasteiger partial charge < -0.3 is 14.4 Å². The minimum Gasteiger partial charge on any atom is -0.481 e. The molecular weight excluding hydrogens is 563 g/mol. The molecule has 2 unspecified atom stereocenters. The van der Waals surface area contributed by atoms with E-state index in [4.69, 9.17) is 14.5 Å². The first-order valence-corrected chi connectivity index (χ1v) is 14.6. The molecular formula is C32H35FN8O3. The van der Waals surface area contributed by atoms with Crippen molar-refractivity contribution in [2.75, 3.05) is 43.2 Å². The second kappa shape index (κ2) is 11.7. The van der Waals surface area contributed by atoms with Gasteiger partial charge in [0.05, 0.1) is 42.8 Å². The zero-order valence-corrected chi connectivity index (χ0v) is 25.3. The van der Waals surface area contributed by atoms with Gasteiger partial charge in [0.25, 0.3) is 0 Å². The third-order valence-corrected chi connectivity index (χ3v) is 8.05. The molecule has 1 amide bonds. The molecule has 3 aliphatic rings. The molecule has 0 spiro atoms. The van der Waals surface area contributed by atoms with Crippen LogP contribution < -0.4 is 14.5 Å². The Balaban J connectivity index is 1.24. The zero-order chi connectivity index (χ0) is 31.0. The Morgan fingerprint density at radius 3 is 2.55 bits per heavy atom. The predicted molar refractivity (Wildman–Crippen MR) is 163 cm³/mol. The van der Waals surface area contributed by atoms with Gasteiger partial charge in [-0.15, -0.1) is 0 Å². The van der Waals surface area contributed by atoms with Crippen molar-refractivity contribution in [3.63, 3.8) is 0 Å². The Morgan fingerprint density at radius 1 is 1.14 bits per heavy atom. The lowest BCUT2D eigenvalue weighted by molar-refractivity contribution is -0.00876. The number of hydrogen-bond donors (Lipinski definition) is 0. The number of alkyl halides is 1. The molecule has 0 radical (unpaired) electrons. The van der Waals surface area contributed by atoms with Gasteiger partial charge in [-0.3, -0.25) is 9.80 Å². The predicted octanol–water partition coefficient (Wildman–Crippen LogP) is 4.85. The first kappa shape index (κ1) is 29.3. The second-order valence-electron chi connectivity index (χ2n) is 12.1. The van der Waals surface area contributed by atoms with E-state index in [-0.39, 0.29) is 6.54 Å². The molecule has 2 atom stereocenters. The summed E-state index contributed by atoms with van der Waals surface area (Å²) < 4.78 is 25.9. The van der Waals surface area contributed by atoms with E-state index in [2.05, 4.69) is 32.0 Å². The molecule has 0 saturated carbocycles. The fourth-order valence-electron chi connectivity index (χ4n) is 5.99. The van der Waals surface area contributed by atoms with E-state index in [0.29, 0.717) is 40.3 Å². The molecule has 3 saturated heterocycles. The first-order chi connectivity index (χ1) is 21.2. The van der Waals surface area contributed by atoms with Gasteiger partial charge in [0, 0.05) is 61.3 Å². The highest BCUT2D eigenvalue weighted by atomic mass is 19.1. The molecule has 7 heterocycles. The van der Waals surface area contributed by atoms with Gasteiger partial charge in [0.2, 0.25) is 5.88 Å². The van der Waals surface area contributed by atoms with Crippen molar-refractivity contribution in [2.45, 2.75) is 51.4 Å². The number of carbonyl (C=O) groups excluding carboxylic acids is 1. The fraction of sp³-hybridized carbons (Fsp3) is 0.406. The number of piperazine rings is 1. The van der Waals surface area contributed by atoms with Crippen molar-refractivity contribution in [1.82, 2.24) is 24.5 Å². The maximum atomic E-state index is 13.6. The summed E-state index contributed by atoms with van der Waals surface area (Å²) in [5.41, 5.74) is 3.18. The van der Waals surface area contributed by atoms with Crippen molar-refractivity contribution in [3.8, 4) is 23.1 Å². The standard InChI is InChI=1S/C32H35FN8O3/c1-32(2,3)44-31(42)39(10-9-33)26-12-27(30-23(13-34)16-37-41(30)20-26)22-6-7-28(35-15-22)38-18-24-11-25(19-38)40(24)17-21-5-8-29(43-4)36-14-21/h5-8,12,14-16,20,24-25H,9-11,17-19H2,1-4H3. The second-order valence-corrected chi connectivity index (χ2v) is 12.1. The Morgan fingerprint density at radius 2 is 1.93 bits per heavy atom. The Hall–Kier alpha value is -4.76. The number of aromatic nitrogens is 4. The van der Waals surface area contributed by atoms with E-state index in [1.807, 2.05) is 24.4 Å². The van der Waals surface area contributed by atoms with Gasteiger partial charge >= 0.3 is 6.09 Å². The molecule has 44 heavy (non-hydrogen) atoms. The lowest BCUT2D eigenvalue weighted by Gasteiger charge is -2.56. The molecule has 228 valence electrons. The van der Waals surface area contributed by atoms with E-state index < -0.39 is 18.4 Å². The molecule has 2 bridgehead atoms. The Bertz CT molecular complexity index is 1680. The maximum Gasteiger partial charge on any atom is 0.414 e. The topological polar surface area (TPSA) is 112 Å². The van der Waals surface area contributed by atoms with E-state index in [0.717, 1.165) is 37.4 Å². The highest BCUT2D eigenvalue weighted by Crippen LogP contribution is 2.37. The van der Waals surface area contributed by atoms with Crippen LogP contribution in [0.1, 0.15) is 38.3 Å². The summed E-state index contributed by atoms with van der Waals surface area (Å²) in [5, 5.41) is 14.1. The van der Waals surface area contributed by atoms with E-state index in [1.165, 1.54) is 21.2 Å². The van der Waals surface area contributed by atoms with Crippen molar-refractivity contribution in [3.05, 3.63) is 66.2 Å². The fourth-order valence-corrected chi connectivity index (χ4v) is 5.99. The van der Waals surface area contributed by atoms with Crippen LogP contribution in [0, 0.1) is 11.3 Å². The first-order valence-electron chi connectivity index (χ1n) is 14.6. The van der Waals surface area contributed by atoms with Gasteiger partial charge in [-0.05, 0) is 51.0 Å². The van der Waals surface area contributed by atoms with E-state index in [1.54, 1.807) is 46.3 Å². The number of hydrogen-bond acceptors (Lipinski definition) is 9. The van der Waals surface area contributed by atoms with E-state index in [9.17, 15) is 14.4 Å². The largest absolute Gasteiger partial charge is 0.481 e. The van der Waals surface area contributed by atoms with Crippen molar-refractivity contribution in [2.24, 2.45) is 0 Å². The molecule has 0 aliphatic carbocycles. The van der Waals surface area contributed by atoms with Crippen LogP contribution in [-0.2, 0) is 11.3 Å². The van der Waals surface area contributed by atoms with Crippen LogP contribution in [-0.4, -0.2) is 81.7 Å². The smallest absolute Gasteiger partial charge is 0.414 e. The number of nitrogens with zero attached hydrogens (tertiary/aromatic N) is 8. The Kier molecular flexibility index (Phi) is 7.82. The average molecular weight is 599 g/mol. The van der Waals surface area contributed by atoms with Gasteiger partial charge in [0.15, 0.2) is 0 Å². The van der Waals surface area contributed by atoms with Crippen LogP contribution in [0.25, 0.3) is 16.6 Å². The van der Waals surface area contributed by atoms with Crippen LogP contribution in [0.5, 0.6) is 5.88 Å². The molecule has 0 N–H and O–H groups in total. The molecule has 3 aliphatic heterocycles. The molecule has 11 nitrogen and oxygen atoms in total. The minimum atomic E-state index is -0.753. The van der Waals surface area contributed by atoms with Crippen LogP contribution in [0.15, 0.2) is 55.1 Å².